The Morgan fingerprint density at radius 2 is 2.03 bits per heavy atom. The van der Waals surface area contributed by atoms with E-state index in [9.17, 15) is 14.7 Å². The second-order valence-corrected chi connectivity index (χ2v) is 8.13. The van der Waals surface area contributed by atoms with Crippen molar-refractivity contribution in [1.82, 2.24) is 4.90 Å². The number of methoxy groups -OCH3 is 1. The lowest BCUT2D eigenvalue weighted by atomic mass is 9.98. The number of aliphatic hydroxyl groups is 1. The maximum atomic E-state index is 12.8. The predicted octanol–water partition coefficient (Wildman–Crippen LogP) is 3.91. The van der Waals surface area contributed by atoms with Gasteiger partial charge in [-0.25, -0.2) is 0 Å². The molecule has 1 atom stereocenters. The molecule has 3 rings (SSSR count). The number of hydrogen-bond acceptors (Lipinski definition) is 6. The number of aryl methyl sites for hydroxylation is 1. The highest BCUT2D eigenvalue weighted by Gasteiger charge is 2.46. The molecule has 2 aromatic rings. The van der Waals surface area contributed by atoms with E-state index in [0.717, 1.165) is 10.4 Å². The van der Waals surface area contributed by atoms with Gasteiger partial charge >= 0.3 is 0 Å². The molecular weight excluding hydrogens is 390 g/mol. The van der Waals surface area contributed by atoms with Gasteiger partial charge in [0.15, 0.2) is 0 Å². The minimum atomic E-state index is -0.683. The summed E-state index contributed by atoms with van der Waals surface area (Å²) in [6, 6.07) is 8.33. The van der Waals surface area contributed by atoms with Crippen LogP contribution in [0.4, 0.5) is 0 Å². The number of amides is 1. The lowest BCUT2D eigenvalue weighted by Gasteiger charge is -2.23. The molecule has 1 N–H and O–H groups in total. The normalized spacial score (nSPS) is 18.7. The van der Waals surface area contributed by atoms with Crippen molar-refractivity contribution >= 4 is 28.8 Å². The highest BCUT2D eigenvalue weighted by molar-refractivity contribution is 7.10. The summed E-state index contributed by atoms with van der Waals surface area (Å²) in [4.78, 5) is 27.8. The Hall–Kier alpha value is -2.64. The van der Waals surface area contributed by atoms with Gasteiger partial charge in [-0.3, -0.25) is 9.59 Å². The highest BCUT2D eigenvalue weighted by Crippen LogP contribution is 2.41. The number of benzene rings is 1. The third-order valence-corrected chi connectivity index (χ3v) is 5.62. The number of Topliss-reactive ketones (excluding diaryl/α,β-unsaturated/α-hetero) is 1. The van der Waals surface area contributed by atoms with Gasteiger partial charge in [0.25, 0.3) is 11.7 Å². The summed E-state index contributed by atoms with van der Waals surface area (Å²) in [6.45, 7) is 6.32. The van der Waals surface area contributed by atoms with E-state index in [1.54, 1.807) is 25.3 Å². The van der Waals surface area contributed by atoms with E-state index in [2.05, 4.69) is 0 Å². The second-order valence-electron chi connectivity index (χ2n) is 7.15. The smallest absolute Gasteiger partial charge is 0.295 e. The van der Waals surface area contributed by atoms with Gasteiger partial charge in [-0.1, -0.05) is 6.07 Å². The first kappa shape index (κ1) is 21.1. The van der Waals surface area contributed by atoms with Crippen LogP contribution in [0, 0.1) is 6.92 Å². The molecular formula is C22H25NO5S. The molecule has 0 spiro atoms. The van der Waals surface area contributed by atoms with E-state index in [1.165, 1.54) is 16.2 Å². The number of hydrogen-bond donors (Lipinski definition) is 1. The van der Waals surface area contributed by atoms with Crippen molar-refractivity contribution in [3.63, 3.8) is 0 Å². The number of carbonyl (C=O) groups is 2. The van der Waals surface area contributed by atoms with Crippen LogP contribution in [-0.4, -0.2) is 48.1 Å². The van der Waals surface area contributed by atoms with Crippen molar-refractivity contribution in [3.8, 4) is 5.75 Å². The number of ketones is 1. The molecule has 154 valence electrons. The zero-order chi connectivity index (χ0) is 21.1. The average Bonchev–Trinajstić information content (AvgIpc) is 3.29. The fourth-order valence-electron chi connectivity index (χ4n) is 3.38. The van der Waals surface area contributed by atoms with Crippen LogP contribution in [0.15, 0.2) is 41.3 Å². The molecule has 0 bridgehead atoms. The number of rotatable bonds is 7. The summed E-state index contributed by atoms with van der Waals surface area (Å²) in [7, 11) is 1.54. The Bertz CT molecular complexity index is 933. The molecule has 1 saturated heterocycles. The van der Waals surface area contributed by atoms with E-state index >= 15 is 0 Å². The number of carbonyl (C=O) groups excluding carboxylic acids is 2. The fraction of sp³-hybridized carbons (Fsp3) is 0.364. The minimum absolute atomic E-state index is 0.0260. The monoisotopic (exact) mass is 415 g/mol. The predicted molar refractivity (Wildman–Crippen MR) is 112 cm³/mol. The van der Waals surface area contributed by atoms with Crippen LogP contribution in [0.3, 0.4) is 0 Å². The van der Waals surface area contributed by atoms with Crippen LogP contribution in [0.1, 0.15) is 35.9 Å². The van der Waals surface area contributed by atoms with Crippen LogP contribution in [0.25, 0.3) is 5.76 Å². The van der Waals surface area contributed by atoms with E-state index < -0.39 is 17.7 Å². The summed E-state index contributed by atoms with van der Waals surface area (Å²) >= 11 is 1.44. The number of ether oxygens (including phenoxy) is 2. The second kappa shape index (κ2) is 8.80. The first-order chi connectivity index (χ1) is 13.8. The first-order valence-corrected chi connectivity index (χ1v) is 10.3. The van der Waals surface area contributed by atoms with Crippen molar-refractivity contribution in [2.24, 2.45) is 0 Å². The average molecular weight is 416 g/mol. The number of nitrogens with zero attached hydrogens (tertiary/aromatic N) is 1. The molecule has 0 radical (unpaired) electrons. The molecule has 6 nitrogen and oxygen atoms in total. The molecule has 7 heteroatoms. The number of likely N-dealkylation sites (tertiary alicyclic amines) is 1. The Balaban J connectivity index is 2.07. The Kier molecular flexibility index (Phi) is 6.39. The Labute approximate surface area is 174 Å². The SMILES string of the molecule is COCCN1C(=O)C(=O)C(=C(O)c2ccc(OC(C)C)c(C)c2)[C@@H]1c1cccs1. The van der Waals surface area contributed by atoms with E-state index in [1.807, 2.05) is 38.3 Å². The fourth-order valence-corrected chi connectivity index (χ4v) is 4.23. The van der Waals surface area contributed by atoms with Gasteiger partial charge in [-0.2, -0.15) is 0 Å². The summed E-state index contributed by atoms with van der Waals surface area (Å²) in [5.41, 5.74) is 1.42. The molecule has 29 heavy (non-hydrogen) atoms. The number of thiophene rings is 1. The van der Waals surface area contributed by atoms with Gasteiger partial charge in [-0.05, 0) is 56.0 Å². The van der Waals surface area contributed by atoms with Gasteiger partial charge < -0.3 is 19.5 Å². The molecule has 2 heterocycles. The third kappa shape index (κ3) is 4.21. The van der Waals surface area contributed by atoms with Crippen molar-refractivity contribution in [2.45, 2.75) is 32.9 Å². The standard InChI is InChI=1S/C22H25NO5S/c1-13(2)28-16-8-7-15(12-14(16)3)20(24)18-19(17-6-5-11-29-17)23(9-10-27-4)22(26)21(18)25/h5-8,11-13,19,24H,9-10H2,1-4H3/t19-/m0/s1. The third-order valence-electron chi connectivity index (χ3n) is 4.70. The van der Waals surface area contributed by atoms with Crippen LogP contribution >= 0.6 is 11.3 Å². The van der Waals surface area contributed by atoms with Gasteiger partial charge in [0.2, 0.25) is 0 Å². The molecule has 0 saturated carbocycles. The van der Waals surface area contributed by atoms with Crippen LogP contribution in [-0.2, 0) is 14.3 Å². The zero-order valence-electron chi connectivity index (χ0n) is 17.0. The quantitative estimate of drug-likeness (QED) is 0.422. The van der Waals surface area contributed by atoms with Gasteiger partial charge in [0.05, 0.1) is 24.3 Å². The Morgan fingerprint density at radius 1 is 1.28 bits per heavy atom. The molecule has 1 aromatic carbocycles. The van der Waals surface area contributed by atoms with Crippen LogP contribution in [0.2, 0.25) is 0 Å². The van der Waals surface area contributed by atoms with E-state index in [4.69, 9.17) is 9.47 Å². The Morgan fingerprint density at radius 3 is 2.62 bits per heavy atom. The molecule has 0 unspecified atom stereocenters. The lowest BCUT2D eigenvalue weighted by molar-refractivity contribution is -0.140. The largest absolute Gasteiger partial charge is 0.507 e. The first-order valence-electron chi connectivity index (χ1n) is 9.43. The highest BCUT2D eigenvalue weighted by atomic mass is 32.1. The lowest BCUT2D eigenvalue weighted by Crippen LogP contribution is -2.32. The summed E-state index contributed by atoms with van der Waals surface area (Å²) in [5, 5.41) is 12.9. The maximum Gasteiger partial charge on any atom is 0.295 e. The minimum Gasteiger partial charge on any atom is -0.507 e. The van der Waals surface area contributed by atoms with E-state index in [0.29, 0.717) is 17.9 Å². The van der Waals surface area contributed by atoms with Crippen molar-refractivity contribution in [3.05, 3.63) is 57.3 Å². The number of aliphatic hydroxyl groups excluding tert-OH is 1. The van der Waals surface area contributed by atoms with Crippen molar-refractivity contribution in [1.29, 1.82) is 0 Å². The molecule has 1 aromatic heterocycles. The zero-order valence-corrected chi connectivity index (χ0v) is 17.8. The molecule has 1 fully saturated rings. The summed E-state index contributed by atoms with van der Waals surface area (Å²) in [5.74, 6) is -0.775. The van der Waals surface area contributed by atoms with Gasteiger partial charge in [0.1, 0.15) is 11.5 Å². The van der Waals surface area contributed by atoms with Gasteiger partial charge in [0, 0.05) is 24.1 Å². The van der Waals surface area contributed by atoms with Gasteiger partial charge in [-0.15, -0.1) is 11.3 Å². The van der Waals surface area contributed by atoms with E-state index in [-0.39, 0.29) is 24.0 Å². The molecule has 1 amide bonds. The summed E-state index contributed by atoms with van der Waals surface area (Å²) < 4.78 is 10.8. The molecule has 1 aliphatic rings. The van der Waals surface area contributed by atoms with Crippen LogP contribution in [0.5, 0.6) is 5.75 Å². The maximum absolute atomic E-state index is 12.8. The van der Waals surface area contributed by atoms with Crippen molar-refractivity contribution in [2.75, 3.05) is 20.3 Å². The van der Waals surface area contributed by atoms with Crippen LogP contribution < -0.4 is 4.74 Å². The molecule has 1 aliphatic heterocycles. The topological polar surface area (TPSA) is 76.1 Å². The summed E-state index contributed by atoms with van der Waals surface area (Å²) in [6.07, 6.45) is 0.0260. The molecule has 0 aliphatic carbocycles. The van der Waals surface area contributed by atoms with Crippen molar-refractivity contribution < 1.29 is 24.2 Å².